The van der Waals surface area contributed by atoms with Gasteiger partial charge in [0.2, 0.25) is 0 Å². The third-order valence-electron chi connectivity index (χ3n) is 5.17. The van der Waals surface area contributed by atoms with Gasteiger partial charge in [0.25, 0.3) is 15.9 Å². The van der Waals surface area contributed by atoms with Crippen LogP contribution in [0.5, 0.6) is 5.75 Å². The van der Waals surface area contributed by atoms with Gasteiger partial charge < -0.3 is 10.1 Å². The van der Waals surface area contributed by atoms with Gasteiger partial charge in [-0.3, -0.25) is 9.52 Å². The standard InChI is InChI=1S/C26H30N2O4S/c1-17(2)24-8-6-7-20(5)26(24)27-25(29)16-32-22-9-11-23(12-10-22)33(30,31)28-21-14-18(3)13-19(4)15-21/h6-15,17,28H,16H2,1-5H3,(H,27,29). The first-order valence-corrected chi connectivity index (χ1v) is 12.3. The summed E-state index contributed by atoms with van der Waals surface area (Å²) in [6, 6.07) is 17.4. The Balaban J connectivity index is 1.63. The fraction of sp³-hybridized carbons (Fsp3) is 0.269. The highest BCUT2D eigenvalue weighted by atomic mass is 32.2. The van der Waals surface area contributed by atoms with E-state index in [2.05, 4.69) is 23.9 Å². The van der Waals surface area contributed by atoms with Crippen LogP contribution in [0, 0.1) is 20.8 Å². The van der Waals surface area contributed by atoms with E-state index in [9.17, 15) is 13.2 Å². The number of carbonyl (C=O) groups excluding carboxylic acids is 1. The normalized spacial score (nSPS) is 11.3. The molecule has 3 aromatic carbocycles. The molecule has 0 bridgehead atoms. The first-order valence-electron chi connectivity index (χ1n) is 10.8. The summed E-state index contributed by atoms with van der Waals surface area (Å²) in [7, 11) is -3.74. The van der Waals surface area contributed by atoms with Crippen molar-refractivity contribution in [1.82, 2.24) is 0 Å². The molecule has 6 nitrogen and oxygen atoms in total. The maximum absolute atomic E-state index is 12.7. The predicted octanol–water partition coefficient (Wildman–Crippen LogP) is 5.55. The van der Waals surface area contributed by atoms with Crippen LogP contribution in [0.4, 0.5) is 11.4 Å². The number of rotatable bonds is 8. The number of para-hydroxylation sites is 1. The number of carbonyl (C=O) groups is 1. The van der Waals surface area contributed by atoms with Crippen molar-refractivity contribution in [2.24, 2.45) is 0 Å². The van der Waals surface area contributed by atoms with Crippen LogP contribution < -0.4 is 14.8 Å². The van der Waals surface area contributed by atoms with Crippen molar-refractivity contribution in [1.29, 1.82) is 0 Å². The van der Waals surface area contributed by atoms with Crippen molar-refractivity contribution in [3.05, 3.63) is 82.9 Å². The summed E-state index contributed by atoms with van der Waals surface area (Å²) in [4.78, 5) is 12.6. The Bertz CT molecular complexity index is 1230. The van der Waals surface area contributed by atoms with Gasteiger partial charge in [-0.1, -0.05) is 38.1 Å². The van der Waals surface area contributed by atoms with Crippen molar-refractivity contribution in [2.75, 3.05) is 16.6 Å². The maximum Gasteiger partial charge on any atom is 0.262 e. The second-order valence-corrected chi connectivity index (χ2v) is 10.2. The number of benzene rings is 3. The number of aryl methyl sites for hydroxylation is 3. The third kappa shape index (κ3) is 6.35. The second kappa shape index (κ2) is 10.1. The van der Waals surface area contributed by atoms with Crippen LogP contribution in [0.2, 0.25) is 0 Å². The minimum Gasteiger partial charge on any atom is -0.484 e. The molecule has 0 saturated heterocycles. The van der Waals surface area contributed by atoms with Crippen LogP contribution in [0.25, 0.3) is 0 Å². The van der Waals surface area contributed by atoms with Gasteiger partial charge in [-0.25, -0.2) is 8.42 Å². The summed E-state index contributed by atoms with van der Waals surface area (Å²) >= 11 is 0. The molecule has 7 heteroatoms. The lowest BCUT2D eigenvalue weighted by atomic mass is 9.98. The monoisotopic (exact) mass is 466 g/mol. The zero-order valence-electron chi connectivity index (χ0n) is 19.6. The van der Waals surface area contributed by atoms with Gasteiger partial charge >= 0.3 is 0 Å². The van der Waals surface area contributed by atoms with Crippen molar-refractivity contribution >= 4 is 27.3 Å². The molecule has 0 spiro atoms. The van der Waals surface area contributed by atoms with E-state index in [1.54, 1.807) is 12.1 Å². The lowest BCUT2D eigenvalue weighted by Gasteiger charge is -2.16. The average Bonchev–Trinajstić information content (AvgIpc) is 2.72. The summed E-state index contributed by atoms with van der Waals surface area (Å²) in [5.74, 6) is 0.400. The summed E-state index contributed by atoms with van der Waals surface area (Å²) in [6.45, 7) is 9.75. The number of ether oxygens (including phenoxy) is 1. The molecule has 0 fully saturated rings. The summed E-state index contributed by atoms with van der Waals surface area (Å²) in [6.07, 6.45) is 0. The number of hydrogen-bond donors (Lipinski definition) is 2. The molecule has 1 amide bonds. The summed E-state index contributed by atoms with van der Waals surface area (Å²) in [5, 5.41) is 2.93. The van der Waals surface area contributed by atoms with Crippen LogP contribution in [-0.4, -0.2) is 20.9 Å². The van der Waals surface area contributed by atoms with Crippen LogP contribution in [0.3, 0.4) is 0 Å². The molecule has 0 unspecified atom stereocenters. The lowest BCUT2D eigenvalue weighted by molar-refractivity contribution is -0.118. The van der Waals surface area contributed by atoms with E-state index in [1.165, 1.54) is 24.3 Å². The Morgan fingerprint density at radius 1 is 0.939 bits per heavy atom. The number of hydrogen-bond acceptors (Lipinski definition) is 4. The van der Waals surface area contributed by atoms with Crippen LogP contribution in [0.15, 0.2) is 65.6 Å². The predicted molar refractivity (Wildman–Crippen MR) is 133 cm³/mol. The van der Waals surface area contributed by atoms with Crippen molar-refractivity contribution < 1.29 is 17.9 Å². The van der Waals surface area contributed by atoms with Crippen LogP contribution in [-0.2, 0) is 14.8 Å². The largest absolute Gasteiger partial charge is 0.484 e. The molecule has 3 aromatic rings. The van der Waals surface area contributed by atoms with Gasteiger partial charge in [0.1, 0.15) is 5.75 Å². The molecule has 3 rings (SSSR count). The zero-order valence-corrected chi connectivity index (χ0v) is 20.4. The summed E-state index contributed by atoms with van der Waals surface area (Å²) in [5.41, 5.74) is 5.32. The molecule has 0 aromatic heterocycles. The fourth-order valence-electron chi connectivity index (χ4n) is 3.63. The number of anilines is 2. The number of nitrogens with one attached hydrogen (secondary N) is 2. The molecule has 0 radical (unpaired) electrons. The lowest BCUT2D eigenvalue weighted by Crippen LogP contribution is -2.21. The van der Waals surface area contributed by atoms with Gasteiger partial charge in [0, 0.05) is 11.4 Å². The first kappa shape index (κ1) is 24.3. The van der Waals surface area contributed by atoms with Crippen LogP contribution >= 0.6 is 0 Å². The molecule has 0 aliphatic carbocycles. The van der Waals surface area contributed by atoms with Crippen molar-refractivity contribution in [3.8, 4) is 5.75 Å². The quantitative estimate of drug-likeness (QED) is 0.456. The molecular formula is C26H30N2O4S. The van der Waals surface area contributed by atoms with E-state index < -0.39 is 10.0 Å². The van der Waals surface area contributed by atoms with Gasteiger partial charge in [0.05, 0.1) is 4.90 Å². The third-order valence-corrected chi connectivity index (χ3v) is 6.57. The SMILES string of the molecule is Cc1cc(C)cc(NS(=O)(=O)c2ccc(OCC(=O)Nc3c(C)cccc3C(C)C)cc2)c1. The number of sulfonamides is 1. The van der Waals surface area contributed by atoms with E-state index in [-0.39, 0.29) is 23.3 Å². The molecule has 174 valence electrons. The van der Waals surface area contributed by atoms with Crippen molar-refractivity contribution in [3.63, 3.8) is 0 Å². The molecule has 2 N–H and O–H groups in total. The highest BCUT2D eigenvalue weighted by Gasteiger charge is 2.16. The zero-order chi connectivity index (χ0) is 24.2. The van der Waals surface area contributed by atoms with Gasteiger partial charge in [-0.2, -0.15) is 0 Å². The Labute approximate surface area is 196 Å². The van der Waals surface area contributed by atoms with E-state index in [4.69, 9.17) is 4.74 Å². The summed E-state index contributed by atoms with van der Waals surface area (Å²) < 4.78 is 33.6. The Kier molecular flexibility index (Phi) is 7.43. The topological polar surface area (TPSA) is 84.5 Å². The smallest absolute Gasteiger partial charge is 0.262 e. The second-order valence-electron chi connectivity index (χ2n) is 8.48. The van der Waals surface area contributed by atoms with Gasteiger partial charge in [0.15, 0.2) is 6.61 Å². The van der Waals surface area contributed by atoms with Gasteiger partial charge in [-0.15, -0.1) is 0 Å². The molecule has 33 heavy (non-hydrogen) atoms. The highest BCUT2D eigenvalue weighted by Crippen LogP contribution is 2.27. The fourth-order valence-corrected chi connectivity index (χ4v) is 4.67. The Morgan fingerprint density at radius 2 is 1.58 bits per heavy atom. The Morgan fingerprint density at radius 3 is 2.18 bits per heavy atom. The van der Waals surface area contributed by atoms with E-state index >= 15 is 0 Å². The minimum atomic E-state index is -3.74. The Hall–Kier alpha value is -3.32. The molecule has 0 saturated carbocycles. The minimum absolute atomic E-state index is 0.111. The van der Waals surface area contributed by atoms with E-state index in [0.717, 1.165) is 27.9 Å². The maximum atomic E-state index is 12.7. The van der Waals surface area contributed by atoms with Crippen LogP contribution in [0.1, 0.15) is 42.0 Å². The molecule has 0 aliphatic heterocycles. The molecule has 0 aliphatic rings. The number of amides is 1. The molecular weight excluding hydrogens is 436 g/mol. The van der Waals surface area contributed by atoms with E-state index in [0.29, 0.717) is 11.4 Å². The highest BCUT2D eigenvalue weighted by molar-refractivity contribution is 7.92. The van der Waals surface area contributed by atoms with Crippen molar-refractivity contribution in [2.45, 2.75) is 45.4 Å². The van der Waals surface area contributed by atoms with Gasteiger partial charge in [-0.05, 0) is 85.3 Å². The molecule has 0 atom stereocenters. The average molecular weight is 467 g/mol. The molecule has 0 heterocycles. The van der Waals surface area contributed by atoms with E-state index in [1.807, 2.05) is 45.0 Å². The first-order chi connectivity index (χ1) is 15.5.